The first-order chi connectivity index (χ1) is 15.7. The van der Waals surface area contributed by atoms with Crippen molar-refractivity contribution in [1.29, 1.82) is 0 Å². The molecule has 4 aromatic rings. The van der Waals surface area contributed by atoms with Gasteiger partial charge in [-0.1, -0.05) is 23.7 Å². The number of amides is 1. The number of rotatable bonds is 4. The first-order valence-corrected chi connectivity index (χ1v) is 10.9. The quantitative estimate of drug-likeness (QED) is 0.497. The standard InChI is InChI=1S/C24H21ClN6O/c25-20-5-3-16(4-6-20)21-13-29-30-23(21)18-2-1-9-31(14-18)24(32)17-7-8-28-22(10-17)19-11-26-15-27-12-19/h3-8,10-13,15,18H,1-2,9,14H2,(H,29,30)/t18-/m0/s1. The van der Waals surface area contributed by atoms with Crippen molar-refractivity contribution in [2.24, 2.45) is 0 Å². The van der Waals surface area contributed by atoms with E-state index in [9.17, 15) is 4.79 Å². The molecule has 1 aliphatic heterocycles. The Balaban J connectivity index is 1.37. The number of aromatic nitrogens is 5. The lowest BCUT2D eigenvalue weighted by Crippen LogP contribution is -2.39. The molecule has 7 nitrogen and oxygen atoms in total. The lowest BCUT2D eigenvalue weighted by molar-refractivity contribution is 0.0706. The highest BCUT2D eigenvalue weighted by Crippen LogP contribution is 2.34. The molecule has 8 heteroatoms. The van der Waals surface area contributed by atoms with E-state index in [4.69, 9.17) is 11.6 Å². The van der Waals surface area contributed by atoms with Gasteiger partial charge < -0.3 is 4.90 Å². The molecular formula is C24H21ClN6O. The van der Waals surface area contributed by atoms with Gasteiger partial charge in [-0.25, -0.2) is 9.97 Å². The molecule has 5 rings (SSSR count). The van der Waals surface area contributed by atoms with Crippen molar-refractivity contribution in [3.05, 3.63) is 83.8 Å². The molecule has 0 radical (unpaired) electrons. The number of hydrogen-bond donors (Lipinski definition) is 1. The van der Waals surface area contributed by atoms with E-state index < -0.39 is 0 Å². The zero-order valence-corrected chi connectivity index (χ0v) is 18.0. The number of pyridine rings is 1. The molecule has 1 aliphatic rings. The molecule has 1 aromatic carbocycles. The molecule has 32 heavy (non-hydrogen) atoms. The Kier molecular flexibility index (Phi) is 5.64. The van der Waals surface area contributed by atoms with Crippen LogP contribution in [0.15, 0.2) is 67.5 Å². The maximum Gasteiger partial charge on any atom is 0.254 e. The fourth-order valence-electron chi connectivity index (χ4n) is 4.20. The summed E-state index contributed by atoms with van der Waals surface area (Å²) >= 11 is 6.04. The number of carbonyl (C=O) groups is 1. The normalized spacial score (nSPS) is 16.2. The predicted octanol–water partition coefficient (Wildman–Crippen LogP) is 4.60. The van der Waals surface area contributed by atoms with Crippen LogP contribution in [0.25, 0.3) is 22.4 Å². The minimum atomic E-state index is 0.00255. The average Bonchev–Trinajstić information content (AvgIpc) is 3.35. The van der Waals surface area contributed by atoms with Gasteiger partial charge in [-0.15, -0.1) is 0 Å². The van der Waals surface area contributed by atoms with Gasteiger partial charge in [-0.2, -0.15) is 5.10 Å². The SMILES string of the molecule is O=C(c1ccnc(-c2cncnc2)c1)N1CCC[C@H](c2[nH]ncc2-c2ccc(Cl)cc2)C1. The summed E-state index contributed by atoms with van der Waals surface area (Å²) in [6.45, 7) is 1.36. The van der Waals surface area contributed by atoms with Crippen LogP contribution in [0.3, 0.4) is 0 Å². The van der Waals surface area contributed by atoms with Crippen LogP contribution in [0.4, 0.5) is 0 Å². The van der Waals surface area contributed by atoms with Gasteiger partial charge >= 0.3 is 0 Å². The highest BCUT2D eigenvalue weighted by Gasteiger charge is 2.28. The maximum absolute atomic E-state index is 13.3. The first-order valence-electron chi connectivity index (χ1n) is 10.5. The summed E-state index contributed by atoms with van der Waals surface area (Å²) in [5.74, 6) is 0.187. The van der Waals surface area contributed by atoms with Gasteiger partial charge in [0.15, 0.2) is 0 Å². The van der Waals surface area contributed by atoms with E-state index >= 15 is 0 Å². The Morgan fingerprint density at radius 2 is 1.88 bits per heavy atom. The van der Waals surface area contributed by atoms with Gasteiger partial charge in [0.2, 0.25) is 0 Å². The largest absolute Gasteiger partial charge is 0.338 e. The van der Waals surface area contributed by atoms with Crippen LogP contribution >= 0.6 is 11.6 Å². The molecule has 0 bridgehead atoms. The van der Waals surface area contributed by atoms with Crippen LogP contribution in [-0.4, -0.2) is 49.0 Å². The van der Waals surface area contributed by atoms with E-state index in [-0.39, 0.29) is 11.8 Å². The minimum absolute atomic E-state index is 0.00255. The monoisotopic (exact) mass is 444 g/mol. The average molecular weight is 445 g/mol. The number of piperidine rings is 1. The van der Waals surface area contributed by atoms with Gasteiger partial charge in [0, 0.05) is 65.0 Å². The van der Waals surface area contributed by atoms with Gasteiger partial charge in [-0.05, 0) is 42.7 Å². The molecule has 0 aliphatic carbocycles. The van der Waals surface area contributed by atoms with Crippen LogP contribution in [0.1, 0.15) is 34.8 Å². The summed E-state index contributed by atoms with van der Waals surface area (Å²) in [5, 5.41) is 8.16. The zero-order chi connectivity index (χ0) is 21.9. The van der Waals surface area contributed by atoms with Crippen molar-refractivity contribution >= 4 is 17.5 Å². The van der Waals surface area contributed by atoms with Crippen LogP contribution in [0, 0.1) is 0 Å². The summed E-state index contributed by atoms with van der Waals surface area (Å²) < 4.78 is 0. The molecule has 160 valence electrons. The molecule has 0 saturated carbocycles. The van der Waals surface area contributed by atoms with Gasteiger partial charge in [0.25, 0.3) is 5.91 Å². The molecule has 0 unspecified atom stereocenters. The third kappa shape index (κ3) is 4.11. The van der Waals surface area contributed by atoms with Gasteiger partial charge in [0.05, 0.1) is 11.9 Å². The highest BCUT2D eigenvalue weighted by atomic mass is 35.5. The molecule has 1 amide bonds. The Morgan fingerprint density at radius 1 is 1.06 bits per heavy atom. The zero-order valence-electron chi connectivity index (χ0n) is 17.3. The fourth-order valence-corrected chi connectivity index (χ4v) is 4.33. The number of likely N-dealkylation sites (tertiary alicyclic amines) is 1. The third-order valence-corrected chi connectivity index (χ3v) is 6.06. The van der Waals surface area contributed by atoms with Crippen molar-refractivity contribution in [3.63, 3.8) is 0 Å². The van der Waals surface area contributed by atoms with E-state index in [1.165, 1.54) is 6.33 Å². The smallest absolute Gasteiger partial charge is 0.254 e. The Labute approximate surface area is 190 Å². The number of halogens is 1. The van der Waals surface area contributed by atoms with E-state index in [0.29, 0.717) is 22.8 Å². The third-order valence-electron chi connectivity index (χ3n) is 5.80. The molecular weight excluding hydrogens is 424 g/mol. The number of hydrogen-bond acceptors (Lipinski definition) is 5. The highest BCUT2D eigenvalue weighted by molar-refractivity contribution is 6.30. The molecule has 1 atom stereocenters. The van der Waals surface area contributed by atoms with Gasteiger partial charge in [0.1, 0.15) is 6.33 Å². The van der Waals surface area contributed by atoms with Crippen LogP contribution in [0.5, 0.6) is 0 Å². The molecule has 1 N–H and O–H groups in total. The van der Waals surface area contributed by atoms with E-state index in [1.807, 2.05) is 35.4 Å². The number of H-pyrrole nitrogens is 1. The number of nitrogens with one attached hydrogen (secondary N) is 1. The number of carbonyl (C=O) groups excluding carboxylic acids is 1. The summed E-state index contributed by atoms with van der Waals surface area (Å²) in [4.78, 5) is 27.7. The lowest BCUT2D eigenvalue weighted by Gasteiger charge is -2.33. The second-order valence-electron chi connectivity index (χ2n) is 7.85. The fraction of sp³-hybridized carbons (Fsp3) is 0.208. The first kappa shape index (κ1) is 20.3. The molecule has 0 spiro atoms. The molecule has 1 fully saturated rings. The number of aromatic amines is 1. The summed E-state index contributed by atoms with van der Waals surface area (Å²) in [6, 6.07) is 11.3. The Morgan fingerprint density at radius 3 is 2.69 bits per heavy atom. The predicted molar refractivity (Wildman–Crippen MR) is 122 cm³/mol. The number of nitrogens with zero attached hydrogens (tertiary/aromatic N) is 5. The maximum atomic E-state index is 13.3. The summed E-state index contributed by atoms with van der Waals surface area (Å²) in [5.41, 5.74) is 5.25. The van der Waals surface area contributed by atoms with E-state index in [0.717, 1.165) is 41.8 Å². The second-order valence-corrected chi connectivity index (χ2v) is 8.29. The van der Waals surface area contributed by atoms with E-state index in [1.54, 1.807) is 30.7 Å². The van der Waals surface area contributed by atoms with Crippen molar-refractivity contribution in [1.82, 2.24) is 30.0 Å². The Hall–Kier alpha value is -3.58. The topological polar surface area (TPSA) is 87.7 Å². The second kappa shape index (κ2) is 8.88. The summed E-state index contributed by atoms with van der Waals surface area (Å²) in [6.07, 6.45) is 10.3. The molecule has 4 heterocycles. The van der Waals surface area contributed by atoms with Crippen LogP contribution in [0.2, 0.25) is 5.02 Å². The van der Waals surface area contributed by atoms with Crippen LogP contribution in [-0.2, 0) is 0 Å². The molecule has 3 aromatic heterocycles. The van der Waals surface area contributed by atoms with Crippen molar-refractivity contribution in [3.8, 4) is 22.4 Å². The van der Waals surface area contributed by atoms with Crippen molar-refractivity contribution in [2.75, 3.05) is 13.1 Å². The lowest BCUT2D eigenvalue weighted by atomic mass is 9.90. The van der Waals surface area contributed by atoms with Crippen molar-refractivity contribution in [2.45, 2.75) is 18.8 Å². The Bertz CT molecular complexity index is 1220. The van der Waals surface area contributed by atoms with Crippen molar-refractivity contribution < 1.29 is 4.79 Å². The number of benzene rings is 1. The van der Waals surface area contributed by atoms with Crippen LogP contribution < -0.4 is 0 Å². The summed E-state index contributed by atoms with van der Waals surface area (Å²) in [7, 11) is 0. The van der Waals surface area contributed by atoms with Gasteiger partial charge in [-0.3, -0.25) is 14.9 Å². The molecule has 1 saturated heterocycles. The van der Waals surface area contributed by atoms with E-state index in [2.05, 4.69) is 25.1 Å². The minimum Gasteiger partial charge on any atom is -0.338 e.